The van der Waals surface area contributed by atoms with Gasteiger partial charge in [0.05, 0.1) is 18.2 Å². The van der Waals surface area contributed by atoms with Gasteiger partial charge >= 0.3 is 5.69 Å². The second-order valence-corrected chi connectivity index (χ2v) is 4.48. The summed E-state index contributed by atoms with van der Waals surface area (Å²) < 4.78 is 10.5. The van der Waals surface area contributed by atoms with Crippen LogP contribution in [0.4, 0.5) is 5.69 Å². The van der Waals surface area contributed by atoms with Crippen molar-refractivity contribution in [3.8, 4) is 17.1 Å². The Morgan fingerprint density at radius 2 is 2.26 bits per heavy atom. The molecule has 2 rings (SSSR count). The topological polar surface area (TPSA) is 78.4 Å². The van der Waals surface area contributed by atoms with Crippen LogP contribution in [-0.2, 0) is 0 Å². The standard InChI is InChI=1S/C12H11ClN2O4/c1-7(13)12-14-6-11(19-12)8-3-4-9(15(16)17)10(5-8)18-2/h3-7H,1-2H3. The third kappa shape index (κ3) is 2.68. The first-order valence-electron chi connectivity index (χ1n) is 5.45. The van der Waals surface area contributed by atoms with Crippen LogP contribution < -0.4 is 4.74 Å². The van der Waals surface area contributed by atoms with Gasteiger partial charge in [-0.15, -0.1) is 11.6 Å². The predicted molar refractivity (Wildman–Crippen MR) is 69.4 cm³/mol. The van der Waals surface area contributed by atoms with E-state index in [1.54, 1.807) is 13.0 Å². The molecule has 100 valence electrons. The summed E-state index contributed by atoms with van der Waals surface area (Å²) in [7, 11) is 1.37. The first-order chi connectivity index (χ1) is 9.02. The number of rotatable bonds is 4. The number of nitrogens with zero attached hydrogens (tertiary/aromatic N) is 2. The number of nitro benzene ring substituents is 1. The molecule has 0 aliphatic carbocycles. The van der Waals surface area contributed by atoms with E-state index in [-0.39, 0.29) is 16.8 Å². The van der Waals surface area contributed by atoms with Crippen molar-refractivity contribution in [2.24, 2.45) is 0 Å². The number of methoxy groups -OCH3 is 1. The van der Waals surface area contributed by atoms with E-state index in [0.29, 0.717) is 17.2 Å². The Hall–Kier alpha value is -2.08. The number of benzene rings is 1. The summed E-state index contributed by atoms with van der Waals surface area (Å²) in [6.07, 6.45) is 1.52. The number of hydrogen-bond acceptors (Lipinski definition) is 5. The Balaban J connectivity index is 2.42. The molecule has 7 heteroatoms. The second kappa shape index (κ2) is 5.27. The zero-order chi connectivity index (χ0) is 14.0. The molecule has 0 saturated carbocycles. The van der Waals surface area contributed by atoms with Gasteiger partial charge in [-0.25, -0.2) is 4.98 Å². The predicted octanol–water partition coefficient (Wildman–Crippen LogP) is 3.56. The van der Waals surface area contributed by atoms with E-state index >= 15 is 0 Å². The maximum atomic E-state index is 10.8. The fourth-order valence-electron chi connectivity index (χ4n) is 1.59. The normalized spacial score (nSPS) is 12.2. The molecule has 0 aliphatic heterocycles. The van der Waals surface area contributed by atoms with Crippen LogP contribution in [0.1, 0.15) is 18.2 Å². The third-order valence-corrected chi connectivity index (χ3v) is 2.71. The average Bonchev–Trinajstić information content (AvgIpc) is 2.87. The van der Waals surface area contributed by atoms with Crippen LogP contribution in [0.25, 0.3) is 11.3 Å². The highest BCUT2D eigenvalue weighted by atomic mass is 35.5. The molecule has 1 aromatic carbocycles. The largest absolute Gasteiger partial charge is 0.490 e. The molecule has 0 radical (unpaired) electrons. The molecular weight excluding hydrogens is 272 g/mol. The Bertz CT molecular complexity index is 610. The Labute approximate surface area is 114 Å². The van der Waals surface area contributed by atoms with Gasteiger partial charge < -0.3 is 9.15 Å². The maximum Gasteiger partial charge on any atom is 0.310 e. The van der Waals surface area contributed by atoms with Gasteiger partial charge in [0, 0.05) is 11.6 Å². The third-order valence-electron chi connectivity index (χ3n) is 2.52. The van der Waals surface area contributed by atoms with Gasteiger partial charge in [-0.1, -0.05) is 0 Å². The molecule has 0 fully saturated rings. The fraction of sp³-hybridized carbons (Fsp3) is 0.250. The maximum absolute atomic E-state index is 10.8. The summed E-state index contributed by atoms with van der Waals surface area (Å²) in [5, 5.41) is 10.5. The summed E-state index contributed by atoms with van der Waals surface area (Å²) in [4.78, 5) is 14.3. The van der Waals surface area contributed by atoms with Crippen molar-refractivity contribution in [2.45, 2.75) is 12.3 Å². The highest BCUT2D eigenvalue weighted by Gasteiger charge is 2.17. The molecular formula is C12H11ClN2O4. The average molecular weight is 283 g/mol. The van der Waals surface area contributed by atoms with Crippen LogP contribution in [-0.4, -0.2) is 17.0 Å². The van der Waals surface area contributed by atoms with Crippen molar-refractivity contribution in [1.82, 2.24) is 4.98 Å². The van der Waals surface area contributed by atoms with Gasteiger partial charge in [-0.2, -0.15) is 0 Å². The van der Waals surface area contributed by atoms with E-state index in [2.05, 4.69) is 4.98 Å². The molecule has 1 aromatic heterocycles. The number of halogens is 1. The minimum absolute atomic E-state index is 0.100. The van der Waals surface area contributed by atoms with Crippen molar-refractivity contribution < 1.29 is 14.1 Å². The number of ether oxygens (including phenoxy) is 1. The van der Waals surface area contributed by atoms with Crippen LogP contribution in [0.3, 0.4) is 0 Å². The van der Waals surface area contributed by atoms with Gasteiger partial charge in [0.1, 0.15) is 5.38 Å². The van der Waals surface area contributed by atoms with Crippen molar-refractivity contribution in [3.63, 3.8) is 0 Å². The molecule has 1 unspecified atom stereocenters. The molecule has 6 nitrogen and oxygen atoms in total. The van der Waals surface area contributed by atoms with E-state index < -0.39 is 4.92 Å². The van der Waals surface area contributed by atoms with Crippen molar-refractivity contribution in [3.05, 3.63) is 40.4 Å². The molecule has 0 aliphatic rings. The fourth-order valence-corrected chi connectivity index (χ4v) is 1.69. The lowest BCUT2D eigenvalue weighted by atomic mass is 10.1. The lowest BCUT2D eigenvalue weighted by Gasteiger charge is -2.03. The van der Waals surface area contributed by atoms with Crippen LogP contribution in [0.5, 0.6) is 5.75 Å². The summed E-state index contributed by atoms with van der Waals surface area (Å²) in [5.41, 5.74) is 0.537. The lowest BCUT2D eigenvalue weighted by Crippen LogP contribution is -1.93. The molecule has 0 N–H and O–H groups in total. The first-order valence-corrected chi connectivity index (χ1v) is 5.89. The quantitative estimate of drug-likeness (QED) is 0.487. The van der Waals surface area contributed by atoms with Crippen LogP contribution in [0.2, 0.25) is 0 Å². The SMILES string of the molecule is COc1cc(-c2cnc(C(C)Cl)o2)ccc1[N+](=O)[O-]. The molecule has 0 amide bonds. The van der Waals surface area contributed by atoms with Crippen molar-refractivity contribution in [1.29, 1.82) is 0 Å². The van der Waals surface area contributed by atoms with E-state index in [9.17, 15) is 10.1 Å². The molecule has 0 bridgehead atoms. The van der Waals surface area contributed by atoms with Crippen molar-refractivity contribution in [2.75, 3.05) is 7.11 Å². The van der Waals surface area contributed by atoms with Gasteiger partial charge in [0.15, 0.2) is 11.5 Å². The number of aromatic nitrogens is 1. The van der Waals surface area contributed by atoms with Crippen LogP contribution in [0.15, 0.2) is 28.8 Å². The van der Waals surface area contributed by atoms with E-state index in [0.717, 1.165) is 0 Å². The molecule has 0 spiro atoms. The second-order valence-electron chi connectivity index (χ2n) is 3.82. The zero-order valence-corrected chi connectivity index (χ0v) is 11.0. The van der Waals surface area contributed by atoms with E-state index in [4.69, 9.17) is 20.8 Å². The van der Waals surface area contributed by atoms with Gasteiger partial charge in [0.2, 0.25) is 5.89 Å². The lowest BCUT2D eigenvalue weighted by molar-refractivity contribution is -0.385. The smallest absolute Gasteiger partial charge is 0.310 e. The van der Waals surface area contributed by atoms with Crippen LogP contribution in [0, 0.1) is 10.1 Å². The molecule has 2 aromatic rings. The summed E-state index contributed by atoms with van der Waals surface area (Å²) in [6, 6.07) is 4.46. The van der Waals surface area contributed by atoms with Crippen LogP contribution >= 0.6 is 11.6 Å². The Morgan fingerprint density at radius 1 is 1.53 bits per heavy atom. The summed E-state index contributed by atoms with van der Waals surface area (Å²) >= 11 is 5.86. The number of hydrogen-bond donors (Lipinski definition) is 0. The number of nitro groups is 1. The molecule has 19 heavy (non-hydrogen) atoms. The summed E-state index contributed by atoms with van der Waals surface area (Å²) in [6.45, 7) is 1.74. The Kier molecular flexibility index (Phi) is 3.71. The molecule has 1 heterocycles. The molecule has 1 atom stereocenters. The summed E-state index contributed by atoms with van der Waals surface area (Å²) in [5.74, 6) is 1.05. The van der Waals surface area contributed by atoms with Crippen molar-refractivity contribution >= 4 is 17.3 Å². The minimum atomic E-state index is -0.505. The number of alkyl halides is 1. The monoisotopic (exact) mass is 282 g/mol. The van der Waals surface area contributed by atoms with E-state index in [1.165, 1.54) is 25.4 Å². The van der Waals surface area contributed by atoms with Gasteiger partial charge in [-0.05, 0) is 19.1 Å². The first kappa shape index (κ1) is 13.4. The van der Waals surface area contributed by atoms with Gasteiger partial charge in [0.25, 0.3) is 0 Å². The van der Waals surface area contributed by atoms with Gasteiger partial charge in [-0.3, -0.25) is 10.1 Å². The number of oxazole rings is 1. The highest BCUT2D eigenvalue weighted by molar-refractivity contribution is 6.20. The minimum Gasteiger partial charge on any atom is -0.490 e. The van der Waals surface area contributed by atoms with E-state index in [1.807, 2.05) is 0 Å². The molecule has 0 saturated heterocycles. The Morgan fingerprint density at radius 3 is 2.79 bits per heavy atom. The zero-order valence-electron chi connectivity index (χ0n) is 10.3. The highest BCUT2D eigenvalue weighted by Crippen LogP contribution is 2.33.